The van der Waals surface area contributed by atoms with Gasteiger partial charge in [-0.05, 0) is 44.4 Å². The van der Waals surface area contributed by atoms with E-state index < -0.39 is 11.4 Å². The molecule has 18 heavy (non-hydrogen) atoms. The molecule has 0 unspecified atom stereocenters. The Labute approximate surface area is 108 Å². The van der Waals surface area contributed by atoms with E-state index in [1.807, 2.05) is 12.1 Å². The van der Waals surface area contributed by atoms with Gasteiger partial charge in [-0.25, -0.2) is 0 Å². The molecule has 0 aromatic heterocycles. The van der Waals surface area contributed by atoms with E-state index in [0.29, 0.717) is 0 Å². The molecule has 0 atom stereocenters. The van der Waals surface area contributed by atoms with Gasteiger partial charge in [-0.1, -0.05) is 18.6 Å². The molecule has 0 spiro atoms. The number of carbonyl (C=O) groups is 1. The van der Waals surface area contributed by atoms with Gasteiger partial charge in [0.25, 0.3) is 0 Å². The highest BCUT2D eigenvalue weighted by Gasteiger charge is 2.45. The van der Waals surface area contributed by atoms with Gasteiger partial charge >= 0.3 is 5.97 Å². The minimum Gasteiger partial charge on any atom is -0.481 e. The van der Waals surface area contributed by atoms with Crippen molar-refractivity contribution in [3.63, 3.8) is 0 Å². The minimum absolute atomic E-state index is 0.622. The molecule has 1 N–H and O–H groups in total. The molecular weight excluding hydrogens is 226 g/mol. The quantitative estimate of drug-likeness (QED) is 0.869. The Kier molecular flexibility index (Phi) is 3.60. The Hall–Kier alpha value is -1.51. The van der Waals surface area contributed by atoms with Crippen molar-refractivity contribution in [1.29, 1.82) is 0 Å². The van der Waals surface area contributed by atoms with Gasteiger partial charge in [0.05, 0.1) is 5.41 Å². The van der Waals surface area contributed by atoms with Crippen LogP contribution in [-0.2, 0) is 10.2 Å². The molecule has 1 saturated carbocycles. The van der Waals surface area contributed by atoms with Crippen LogP contribution in [0.5, 0.6) is 0 Å². The van der Waals surface area contributed by atoms with E-state index in [9.17, 15) is 9.90 Å². The molecule has 2 rings (SSSR count). The molecule has 3 nitrogen and oxygen atoms in total. The Morgan fingerprint density at radius 3 is 2.44 bits per heavy atom. The molecule has 1 fully saturated rings. The fraction of sp³-hybridized carbons (Fsp3) is 0.533. The summed E-state index contributed by atoms with van der Waals surface area (Å²) in [5, 5.41) is 9.47. The largest absolute Gasteiger partial charge is 0.481 e. The topological polar surface area (TPSA) is 40.5 Å². The summed E-state index contributed by atoms with van der Waals surface area (Å²) in [6.07, 6.45) is 2.55. The van der Waals surface area contributed by atoms with Crippen LogP contribution < -0.4 is 4.90 Å². The molecule has 1 aliphatic rings. The number of carboxylic acids is 1. The van der Waals surface area contributed by atoms with Crippen molar-refractivity contribution in [1.82, 2.24) is 0 Å². The number of aliphatic carboxylic acids is 1. The molecule has 0 aliphatic heterocycles. The summed E-state index contributed by atoms with van der Waals surface area (Å²) in [5.41, 5.74) is 1.47. The summed E-state index contributed by atoms with van der Waals surface area (Å²) in [6, 6.07) is 8.05. The number of anilines is 1. The molecule has 98 valence electrons. The van der Waals surface area contributed by atoms with Crippen molar-refractivity contribution >= 4 is 11.7 Å². The van der Waals surface area contributed by atoms with Crippen LogP contribution in [0.15, 0.2) is 24.3 Å². The second-order valence-corrected chi connectivity index (χ2v) is 4.96. The van der Waals surface area contributed by atoms with Crippen molar-refractivity contribution < 1.29 is 9.90 Å². The van der Waals surface area contributed by atoms with Crippen LogP contribution in [0.4, 0.5) is 5.69 Å². The number of benzene rings is 1. The highest BCUT2D eigenvalue weighted by atomic mass is 16.4. The average molecular weight is 247 g/mol. The summed E-state index contributed by atoms with van der Waals surface area (Å²) in [4.78, 5) is 13.8. The maximum absolute atomic E-state index is 11.5. The van der Waals surface area contributed by atoms with Gasteiger partial charge < -0.3 is 10.0 Å². The van der Waals surface area contributed by atoms with Crippen molar-refractivity contribution in [3.8, 4) is 0 Å². The third-order valence-electron chi connectivity index (χ3n) is 4.14. The van der Waals surface area contributed by atoms with Gasteiger partial charge in [0.15, 0.2) is 0 Å². The van der Waals surface area contributed by atoms with E-state index in [1.165, 1.54) is 0 Å². The zero-order valence-corrected chi connectivity index (χ0v) is 11.1. The SMILES string of the molecule is CCN(CC)c1cccc(C2(C(=O)O)CCC2)c1. The fourth-order valence-corrected chi connectivity index (χ4v) is 2.75. The summed E-state index contributed by atoms with van der Waals surface area (Å²) >= 11 is 0. The standard InChI is InChI=1S/C15H21NO2/c1-3-16(4-2)13-8-5-7-12(11-13)15(14(17)18)9-6-10-15/h5,7-8,11H,3-4,6,9-10H2,1-2H3,(H,17,18). The Morgan fingerprint density at radius 1 is 1.33 bits per heavy atom. The first kappa shape index (κ1) is 12.9. The lowest BCUT2D eigenvalue weighted by atomic mass is 9.64. The second kappa shape index (κ2) is 5.01. The first-order chi connectivity index (χ1) is 8.64. The van der Waals surface area contributed by atoms with Gasteiger partial charge in [-0.2, -0.15) is 0 Å². The van der Waals surface area contributed by atoms with Gasteiger partial charge in [0, 0.05) is 18.8 Å². The highest BCUT2D eigenvalue weighted by Crippen LogP contribution is 2.44. The molecule has 1 aromatic carbocycles. The molecular formula is C15H21NO2. The molecule has 0 saturated heterocycles. The number of carboxylic acid groups (broad SMARTS) is 1. The fourth-order valence-electron chi connectivity index (χ4n) is 2.75. The minimum atomic E-state index is -0.676. The van der Waals surface area contributed by atoms with E-state index in [-0.39, 0.29) is 0 Å². The van der Waals surface area contributed by atoms with Crippen LogP contribution in [0.3, 0.4) is 0 Å². The zero-order chi connectivity index (χ0) is 13.2. The van der Waals surface area contributed by atoms with E-state index in [1.54, 1.807) is 0 Å². The Bertz CT molecular complexity index is 434. The summed E-state index contributed by atoms with van der Waals surface area (Å²) in [5.74, 6) is -0.676. The van der Waals surface area contributed by atoms with Gasteiger partial charge in [0.2, 0.25) is 0 Å². The van der Waals surface area contributed by atoms with Crippen molar-refractivity contribution in [3.05, 3.63) is 29.8 Å². The zero-order valence-electron chi connectivity index (χ0n) is 11.1. The lowest BCUT2D eigenvalue weighted by Gasteiger charge is -2.38. The number of nitrogens with zero attached hydrogens (tertiary/aromatic N) is 1. The lowest BCUT2D eigenvalue weighted by molar-refractivity contribution is -0.147. The van der Waals surface area contributed by atoms with Crippen LogP contribution in [0.1, 0.15) is 38.7 Å². The van der Waals surface area contributed by atoms with Gasteiger partial charge in [0.1, 0.15) is 0 Å². The average Bonchev–Trinajstić information content (AvgIpc) is 2.29. The van der Waals surface area contributed by atoms with Gasteiger partial charge in [-0.15, -0.1) is 0 Å². The molecule has 1 aliphatic carbocycles. The predicted molar refractivity (Wildman–Crippen MR) is 73.2 cm³/mol. The van der Waals surface area contributed by atoms with Crippen LogP contribution in [-0.4, -0.2) is 24.2 Å². The highest BCUT2D eigenvalue weighted by molar-refractivity contribution is 5.83. The second-order valence-electron chi connectivity index (χ2n) is 4.96. The maximum Gasteiger partial charge on any atom is 0.314 e. The van der Waals surface area contributed by atoms with Crippen LogP contribution >= 0.6 is 0 Å². The first-order valence-corrected chi connectivity index (χ1v) is 6.73. The van der Waals surface area contributed by atoms with E-state index in [0.717, 1.165) is 43.6 Å². The number of hydrogen-bond donors (Lipinski definition) is 1. The Balaban J connectivity index is 2.35. The van der Waals surface area contributed by atoms with Crippen LogP contribution in [0, 0.1) is 0 Å². The summed E-state index contributed by atoms with van der Waals surface area (Å²) in [7, 11) is 0. The normalized spacial score (nSPS) is 17.0. The maximum atomic E-state index is 11.5. The molecule has 0 bridgehead atoms. The number of hydrogen-bond acceptors (Lipinski definition) is 2. The van der Waals surface area contributed by atoms with Crippen LogP contribution in [0.2, 0.25) is 0 Å². The van der Waals surface area contributed by atoms with Crippen molar-refractivity contribution in [2.45, 2.75) is 38.5 Å². The van der Waals surface area contributed by atoms with E-state index >= 15 is 0 Å². The number of rotatable bonds is 5. The Morgan fingerprint density at radius 2 is 2.00 bits per heavy atom. The first-order valence-electron chi connectivity index (χ1n) is 6.73. The van der Waals surface area contributed by atoms with Crippen LogP contribution in [0.25, 0.3) is 0 Å². The van der Waals surface area contributed by atoms with Crippen molar-refractivity contribution in [2.75, 3.05) is 18.0 Å². The van der Waals surface area contributed by atoms with E-state index in [4.69, 9.17) is 0 Å². The monoisotopic (exact) mass is 247 g/mol. The lowest BCUT2D eigenvalue weighted by Crippen LogP contribution is -2.42. The van der Waals surface area contributed by atoms with Crippen molar-refractivity contribution in [2.24, 2.45) is 0 Å². The summed E-state index contributed by atoms with van der Waals surface area (Å²) < 4.78 is 0. The third-order valence-corrected chi connectivity index (χ3v) is 4.14. The molecule has 1 aromatic rings. The third kappa shape index (κ3) is 1.98. The molecule has 3 heteroatoms. The molecule has 0 heterocycles. The smallest absolute Gasteiger partial charge is 0.314 e. The molecule has 0 amide bonds. The van der Waals surface area contributed by atoms with E-state index in [2.05, 4.69) is 30.9 Å². The van der Waals surface area contributed by atoms with Gasteiger partial charge in [-0.3, -0.25) is 4.79 Å². The predicted octanol–water partition coefficient (Wildman–Crippen LogP) is 3.04. The molecule has 0 radical (unpaired) electrons. The summed E-state index contributed by atoms with van der Waals surface area (Å²) in [6.45, 7) is 6.12.